The van der Waals surface area contributed by atoms with Gasteiger partial charge in [-0.2, -0.15) is 11.8 Å². The molecule has 0 aliphatic heterocycles. The Bertz CT molecular complexity index is 288. The van der Waals surface area contributed by atoms with E-state index in [4.69, 9.17) is 18.0 Å². The molecule has 0 saturated heterocycles. The molecule has 3 N–H and O–H groups in total. The van der Waals surface area contributed by atoms with Crippen LogP contribution in [0.2, 0.25) is 0 Å². The molecule has 5 heteroatoms. The van der Waals surface area contributed by atoms with Gasteiger partial charge in [-0.25, -0.2) is 0 Å². The first-order valence-corrected chi connectivity index (χ1v) is 7.93. The zero-order valence-corrected chi connectivity index (χ0v) is 12.3. The Labute approximate surface area is 113 Å². The Morgan fingerprint density at radius 1 is 1.53 bits per heavy atom. The molecular weight excluding hydrogens is 252 g/mol. The van der Waals surface area contributed by atoms with Gasteiger partial charge in [0.15, 0.2) is 0 Å². The lowest BCUT2D eigenvalue weighted by atomic mass is 9.85. The molecule has 3 nitrogen and oxygen atoms in total. The number of nitrogens with two attached hydrogens (primary N) is 1. The van der Waals surface area contributed by atoms with Gasteiger partial charge in [-0.15, -0.1) is 0 Å². The van der Waals surface area contributed by atoms with Crippen LogP contribution in [0.25, 0.3) is 0 Å². The van der Waals surface area contributed by atoms with Crippen LogP contribution in [0.15, 0.2) is 0 Å². The minimum atomic E-state index is -0.567. The summed E-state index contributed by atoms with van der Waals surface area (Å²) in [6.45, 7) is 2.04. The molecule has 1 fully saturated rings. The molecule has 0 spiro atoms. The number of thiocarbonyl (C=S) groups is 1. The molecule has 1 rings (SSSR count). The van der Waals surface area contributed by atoms with Crippen LogP contribution in [-0.2, 0) is 4.79 Å². The summed E-state index contributed by atoms with van der Waals surface area (Å²) in [5, 5.41) is 3.06. The lowest BCUT2D eigenvalue weighted by Gasteiger charge is -2.28. The first-order valence-electron chi connectivity index (χ1n) is 6.13. The zero-order valence-electron chi connectivity index (χ0n) is 10.6. The predicted octanol–water partition coefficient (Wildman–Crippen LogP) is 2.09. The summed E-state index contributed by atoms with van der Waals surface area (Å²) in [6, 6.07) is 0.196. The van der Waals surface area contributed by atoms with E-state index in [1.807, 2.05) is 6.92 Å². The van der Waals surface area contributed by atoms with Crippen molar-refractivity contribution in [3.8, 4) is 0 Å². The average molecular weight is 274 g/mol. The standard InChI is InChI=1S/C12H22N2OS2/c1-9(5-8-17-2)14-11(15)12(10(13)16)6-3-4-7-12/h9H,3-8H2,1-2H3,(H2,13,16)(H,14,15). The number of carbonyl (C=O) groups is 1. The van der Waals surface area contributed by atoms with Crippen LogP contribution in [0.5, 0.6) is 0 Å². The number of hydrogen-bond acceptors (Lipinski definition) is 3. The summed E-state index contributed by atoms with van der Waals surface area (Å²) in [5.41, 5.74) is 5.21. The van der Waals surface area contributed by atoms with Crippen molar-refractivity contribution in [1.29, 1.82) is 0 Å². The maximum atomic E-state index is 12.3. The molecule has 0 bridgehead atoms. The predicted molar refractivity (Wildman–Crippen MR) is 78.3 cm³/mol. The van der Waals surface area contributed by atoms with Crippen molar-refractivity contribution >= 4 is 34.9 Å². The van der Waals surface area contributed by atoms with E-state index in [1.165, 1.54) is 0 Å². The quantitative estimate of drug-likeness (QED) is 0.728. The second-order valence-corrected chi connectivity index (χ2v) is 6.23. The minimum Gasteiger partial charge on any atom is -0.392 e. The van der Waals surface area contributed by atoms with Crippen molar-refractivity contribution in [3.63, 3.8) is 0 Å². The lowest BCUT2D eigenvalue weighted by Crippen LogP contribution is -2.49. The number of carbonyl (C=O) groups excluding carboxylic acids is 1. The fraction of sp³-hybridized carbons (Fsp3) is 0.833. The van der Waals surface area contributed by atoms with Gasteiger partial charge in [-0.05, 0) is 38.2 Å². The molecular formula is C12H22N2OS2. The highest BCUT2D eigenvalue weighted by Gasteiger charge is 2.44. The number of amides is 1. The largest absolute Gasteiger partial charge is 0.392 e. The third kappa shape index (κ3) is 3.58. The second-order valence-electron chi connectivity index (χ2n) is 4.81. The lowest BCUT2D eigenvalue weighted by molar-refractivity contribution is -0.127. The molecule has 0 radical (unpaired) electrons. The highest BCUT2D eigenvalue weighted by atomic mass is 32.2. The van der Waals surface area contributed by atoms with E-state index >= 15 is 0 Å². The van der Waals surface area contributed by atoms with Crippen LogP contribution >= 0.6 is 24.0 Å². The Balaban J connectivity index is 2.58. The number of rotatable bonds is 6. The maximum Gasteiger partial charge on any atom is 0.233 e. The third-order valence-corrected chi connectivity index (χ3v) is 4.53. The van der Waals surface area contributed by atoms with Gasteiger partial charge in [0.25, 0.3) is 0 Å². The van der Waals surface area contributed by atoms with Gasteiger partial charge in [0.2, 0.25) is 5.91 Å². The topological polar surface area (TPSA) is 55.1 Å². The van der Waals surface area contributed by atoms with Crippen LogP contribution in [0.1, 0.15) is 39.0 Å². The van der Waals surface area contributed by atoms with Gasteiger partial charge in [0.1, 0.15) is 0 Å². The summed E-state index contributed by atoms with van der Waals surface area (Å²) in [4.78, 5) is 12.7. The molecule has 0 heterocycles. The zero-order chi connectivity index (χ0) is 12.9. The van der Waals surface area contributed by atoms with Crippen molar-refractivity contribution in [3.05, 3.63) is 0 Å². The van der Waals surface area contributed by atoms with Gasteiger partial charge in [-0.1, -0.05) is 25.1 Å². The summed E-state index contributed by atoms with van der Waals surface area (Å²) in [5.74, 6) is 1.10. The van der Waals surface area contributed by atoms with E-state index in [0.29, 0.717) is 4.99 Å². The maximum absolute atomic E-state index is 12.3. The fourth-order valence-electron chi connectivity index (χ4n) is 2.29. The number of thioether (sulfide) groups is 1. The minimum absolute atomic E-state index is 0.0381. The summed E-state index contributed by atoms with van der Waals surface area (Å²) in [7, 11) is 0. The molecule has 0 aromatic carbocycles. The Morgan fingerprint density at radius 2 is 2.12 bits per heavy atom. The van der Waals surface area contributed by atoms with E-state index in [9.17, 15) is 4.79 Å². The molecule has 0 aromatic rings. The van der Waals surface area contributed by atoms with Gasteiger partial charge >= 0.3 is 0 Å². The summed E-state index contributed by atoms with van der Waals surface area (Å²) >= 11 is 6.89. The Hall–Kier alpha value is -0.290. The van der Waals surface area contributed by atoms with E-state index in [2.05, 4.69) is 11.6 Å². The molecule has 1 atom stereocenters. The fourth-order valence-corrected chi connectivity index (χ4v) is 3.18. The number of nitrogens with one attached hydrogen (secondary N) is 1. The highest BCUT2D eigenvalue weighted by molar-refractivity contribution is 7.98. The average Bonchev–Trinajstić information content (AvgIpc) is 2.76. The summed E-state index contributed by atoms with van der Waals surface area (Å²) in [6.07, 6.45) is 6.77. The van der Waals surface area contributed by atoms with Crippen LogP contribution in [0.4, 0.5) is 0 Å². The molecule has 17 heavy (non-hydrogen) atoms. The van der Waals surface area contributed by atoms with Crippen molar-refractivity contribution in [2.75, 3.05) is 12.0 Å². The molecule has 1 saturated carbocycles. The van der Waals surface area contributed by atoms with E-state index in [1.54, 1.807) is 11.8 Å². The molecule has 1 amide bonds. The van der Waals surface area contributed by atoms with Gasteiger partial charge in [0, 0.05) is 6.04 Å². The molecule has 0 aromatic heterocycles. The van der Waals surface area contributed by atoms with Crippen LogP contribution in [-0.4, -0.2) is 28.9 Å². The molecule has 1 aliphatic carbocycles. The Morgan fingerprint density at radius 3 is 2.59 bits per heavy atom. The molecule has 1 aliphatic rings. The van der Waals surface area contributed by atoms with Crippen molar-refractivity contribution in [1.82, 2.24) is 5.32 Å². The van der Waals surface area contributed by atoms with Crippen LogP contribution < -0.4 is 11.1 Å². The van der Waals surface area contributed by atoms with E-state index in [-0.39, 0.29) is 11.9 Å². The van der Waals surface area contributed by atoms with Gasteiger partial charge in [0.05, 0.1) is 10.4 Å². The number of hydrogen-bond donors (Lipinski definition) is 2. The van der Waals surface area contributed by atoms with Gasteiger partial charge < -0.3 is 11.1 Å². The van der Waals surface area contributed by atoms with Crippen LogP contribution in [0.3, 0.4) is 0 Å². The monoisotopic (exact) mass is 274 g/mol. The van der Waals surface area contributed by atoms with Crippen LogP contribution in [0, 0.1) is 5.41 Å². The van der Waals surface area contributed by atoms with Crippen molar-refractivity contribution in [2.24, 2.45) is 11.1 Å². The second kappa shape index (κ2) is 6.59. The highest BCUT2D eigenvalue weighted by Crippen LogP contribution is 2.38. The first kappa shape index (κ1) is 14.8. The molecule has 1 unspecified atom stereocenters. The molecule has 98 valence electrons. The van der Waals surface area contributed by atoms with Gasteiger partial charge in [-0.3, -0.25) is 4.79 Å². The normalized spacial score (nSPS) is 19.9. The van der Waals surface area contributed by atoms with E-state index < -0.39 is 5.41 Å². The smallest absolute Gasteiger partial charge is 0.233 e. The first-order chi connectivity index (χ1) is 8.03. The Kier molecular flexibility index (Phi) is 5.73. The third-order valence-electron chi connectivity index (χ3n) is 3.50. The van der Waals surface area contributed by atoms with Crippen molar-refractivity contribution in [2.45, 2.75) is 45.1 Å². The summed E-state index contributed by atoms with van der Waals surface area (Å²) < 4.78 is 0. The van der Waals surface area contributed by atoms with E-state index in [0.717, 1.165) is 37.9 Å². The van der Waals surface area contributed by atoms with Crippen molar-refractivity contribution < 1.29 is 4.79 Å². The SMILES string of the molecule is CSCCC(C)NC(=O)C1(C(N)=S)CCCC1.